The smallest absolute Gasteiger partial charge is 0.300 e. The second-order valence-electron chi connectivity index (χ2n) is 4.92. The fourth-order valence-corrected chi connectivity index (χ4v) is 2.36. The maximum absolute atomic E-state index is 12.6. The average Bonchev–Trinajstić information content (AvgIpc) is 3.06. The van der Waals surface area contributed by atoms with Gasteiger partial charge in [-0.2, -0.15) is 9.66 Å². The first-order valence-corrected chi connectivity index (χ1v) is 6.93. The largest absolute Gasteiger partial charge is 0.839 e. The molecule has 0 fully saturated rings. The molecular weight excluding hydrogens is 298 g/mol. The van der Waals surface area contributed by atoms with Gasteiger partial charge in [-0.15, -0.1) is 0 Å². The van der Waals surface area contributed by atoms with Crippen molar-refractivity contribution in [3.05, 3.63) is 41.9 Å². The van der Waals surface area contributed by atoms with Crippen molar-refractivity contribution in [2.75, 3.05) is 5.32 Å². The first kappa shape index (κ1) is 14.6. The van der Waals surface area contributed by atoms with E-state index in [4.69, 9.17) is 9.78 Å². The molecule has 3 rings (SSSR count). The number of nitriles is 1. The first-order chi connectivity index (χ1) is 11.1. The molecule has 0 spiro atoms. The maximum atomic E-state index is 12.6. The Hall–Kier alpha value is -3.34. The molecule has 0 bridgehead atoms. The van der Waals surface area contributed by atoms with Crippen molar-refractivity contribution in [1.82, 2.24) is 9.56 Å². The lowest BCUT2D eigenvalue weighted by Crippen LogP contribution is -2.36. The van der Waals surface area contributed by atoms with E-state index in [1.807, 2.05) is 6.07 Å². The van der Waals surface area contributed by atoms with Crippen molar-refractivity contribution in [2.24, 2.45) is 0 Å². The molecule has 0 aliphatic rings. The Balaban J connectivity index is 2.04. The van der Waals surface area contributed by atoms with Crippen molar-refractivity contribution in [3.63, 3.8) is 0 Å². The summed E-state index contributed by atoms with van der Waals surface area (Å²) in [6, 6.07) is 8.76. The summed E-state index contributed by atoms with van der Waals surface area (Å²) >= 11 is 0. The minimum atomic E-state index is -0.583. The van der Waals surface area contributed by atoms with Crippen LogP contribution in [0.25, 0.3) is 5.65 Å². The van der Waals surface area contributed by atoms with Crippen LogP contribution in [-0.4, -0.2) is 15.5 Å². The highest BCUT2D eigenvalue weighted by molar-refractivity contribution is 6.04. The number of imidazole rings is 1. The highest BCUT2D eigenvalue weighted by atomic mass is 16.5. The van der Waals surface area contributed by atoms with Crippen LogP contribution in [-0.2, 0) is 6.54 Å². The molecule has 23 heavy (non-hydrogen) atoms. The predicted molar refractivity (Wildman–Crippen MR) is 76.5 cm³/mol. The van der Waals surface area contributed by atoms with E-state index in [-0.39, 0.29) is 24.5 Å². The van der Waals surface area contributed by atoms with E-state index in [1.165, 1.54) is 8.97 Å². The second-order valence-corrected chi connectivity index (χ2v) is 4.92. The highest BCUT2D eigenvalue weighted by Crippen LogP contribution is 2.17. The lowest BCUT2D eigenvalue weighted by Gasteiger charge is -2.05. The van der Waals surface area contributed by atoms with Gasteiger partial charge in [0.1, 0.15) is 18.2 Å². The Kier molecular flexibility index (Phi) is 3.68. The van der Waals surface area contributed by atoms with Gasteiger partial charge in [-0.3, -0.25) is 4.79 Å². The van der Waals surface area contributed by atoms with Crippen LogP contribution in [0, 0.1) is 18.3 Å². The number of nitrogens with one attached hydrogen (secondary N) is 1. The number of hydrogen-bond acceptors (Lipinski definition) is 5. The molecule has 116 valence electrons. The zero-order chi connectivity index (χ0) is 16.4. The summed E-state index contributed by atoms with van der Waals surface area (Å²) in [6.45, 7) is 1.92. The van der Waals surface area contributed by atoms with E-state index in [9.17, 15) is 9.90 Å². The monoisotopic (exact) mass is 311 g/mol. The van der Waals surface area contributed by atoms with Gasteiger partial charge in [-0.1, -0.05) is 11.2 Å². The summed E-state index contributed by atoms with van der Waals surface area (Å²) in [5.74, 6) is -0.252. The fourth-order valence-electron chi connectivity index (χ4n) is 2.36. The van der Waals surface area contributed by atoms with Crippen LogP contribution < -0.4 is 15.0 Å². The topological polar surface area (TPSA) is 110 Å². The Bertz CT molecular complexity index is 919. The summed E-state index contributed by atoms with van der Waals surface area (Å²) in [6.07, 6.45) is 1.81. The number of anilines is 1. The van der Waals surface area contributed by atoms with E-state index in [1.54, 1.807) is 37.4 Å². The molecule has 0 saturated carbocycles. The molecule has 8 nitrogen and oxygen atoms in total. The van der Waals surface area contributed by atoms with Crippen molar-refractivity contribution >= 4 is 17.4 Å². The average molecular weight is 311 g/mol. The van der Waals surface area contributed by atoms with Crippen LogP contribution in [0.2, 0.25) is 0 Å². The third kappa shape index (κ3) is 2.60. The Morgan fingerprint density at radius 1 is 1.57 bits per heavy atom. The SMILES string of the molecule is Cc1cc(NC(=O)c2c([O-])[n+](CCC#N)c3ccccn23)no1. The minimum absolute atomic E-state index is 0.0424. The number of rotatable bonds is 4. The number of nitrogens with zero attached hydrogens (tertiary/aromatic N) is 4. The van der Waals surface area contributed by atoms with E-state index < -0.39 is 11.8 Å². The molecule has 0 saturated heterocycles. The quantitative estimate of drug-likeness (QED) is 0.715. The van der Waals surface area contributed by atoms with Crippen molar-refractivity contribution < 1.29 is 19.0 Å². The number of pyridine rings is 1. The molecule has 0 radical (unpaired) electrons. The number of fused-ring (bicyclic) bond motifs is 1. The van der Waals surface area contributed by atoms with E-state index in [0.29, 0.717) is 11.4 Å². The molecule has 0 aliphatic heterocycles. The van der Waals surface area contributed by atoms with Gasteiger partial charge in [-0.05, 0) is 13.0 Å². The third-order valence-electron chi connectivity index (χ3n) is 3.34. The van der Waals surface area contributed by atoms with Gasteiger partial charge in [0.05, 0.1) is 18.7 Å². The second kappa shape index (κ2) is 5.81. The molecular formula is C15H13N5O3. The normalized spacial score (nSPS) is 10.6. The summed E-state index contributed by atoms with van der Waals surface area (Å²) in [7, 11) is 0. The van der Waals surface area contributed by atoms with Gasteiger partial charge in [0.15, 0.2) is 5.82 Å². The minimum Gasteiger partial charge on any atom is -0.839 e. The summed E-state index contributed by atoms with van der Waals surface area (Å²) < 4.78 is 7.80. The lowest BCUT2D eigenvalue weighted by molar-refractivity contribution is -0.711. The van der Waals surface area contributed by atoms with Crippen LogP contribution in [0.3, 0.4) is 0 Å². The summed E-state index contributed by atoms with van der Waals surface area (Å²) in [5.41, 5.74) is 0.508. The van der Waals surface area contributed by atoms with Gasteiger partial charge in [0.2, 0.25) is 5.69 Å². The first-order valence-electron chi connectivity index (χ1n) is 6.93. The van der Waals surface area contributed by atoms with Gasteiger partial charge < -0.3 is 14.9 Å². The molecule has 8 heteroatoms. The predicted octanol–water partition coefficient (Wildman–Crippen LogP) is 0.763. The molecule has 1 N–H and O–H groups in total. The van der Waals surface area contributed by atoms with E-state index >= 15 is 0 Å². The van der Waals surface area contributed by atoms with Crippen molar-refractivity contribution in [1.29, 1.82) is 5.26 Å². The maximum Gasteiger partial charge on any atom is 0.300 e. The third-order valence-corrected chi connectivity index (χ3v) is 3.34. The molecule has 3 heterocycles. The van der Waals surface area contributed by atoms with E-state index in [2.05, 4.69) is 10.5 Å². The van der Waals surface area contributed by atoms with Gasteiger partial charge in [0, 0.05) is 12.1 Å². The number of aromatic nitrogens is 3. The number of hydrogen-bond donors (Lipinski definition) is 1. The Morgan fingerprint density at radius 2 is 2.39 bits per heavy atom. The molecule has 3 aromatic rings. The number of carbonyl (C=O) groups excluding carboxylic acids is 1. The van der Waals surface area contributed by atoms with Gasteiger partial charge in [-0.25, -0.2) is 4.57 Å². The molecule has 3 aromatic heterocycles. The molecule has 0 atom stereocenters. The molecule has 0 unspecified atom stereocenters. The van der Waals surface area contributed by atoms with Gasteiger partial charge >= 0.3 is 0 Å². The van der Waals surface area contributed by atoms with Crippen molar-refractivity contribution in [2.45, 2.75) is 19.9 Å². The lowest BCUT2D eigenvalue weighted by atomic mass is 10.4. The number of amides is 1. The molecule has 1 amide bonds. The van der Waals surface area contributed by atoms with E-state index in [0.717, 1.165) is 0 Å². The van der Waals surface area contributed by atoms with Crippen LogP contribution >= 0.6 is 0 Å². The van der Waals surface area contributed by atoms with Crippen LogP contribution in [0.4, 0.5) is 5.82 Å². The Morgan fingerprint density at radius 3 is 3.09 bits per heavy atom. The molecule has 0 aliphatic carbocycles. The molecule has 0 aromatic carbocycles. The van der Waals surface area contributed by atoms with Crippen LogP contribution in [0.15, 0.2) is 35.0 Å². The zero-order valence-corrected chi connectivity index (χ0v) is 12.3. The van der Waals surface area contributed by atoms with Crippen molar-refractivity contribution in [3.8, 4) is 11.9 Å². The fraction of sp³-hybridized carbons (Fsp3) is 0.200. The number of aryl methyl sites for hydroxylation is 2. The summed E-state index contributed by atoms with van der Waals surface area (Å²) in [5, 5.41) is 27.5. The summed E-state index contributed by atoms with van der Waals surface area (Å²) in [4.78, 5) is 12.5. The number of carbonyl (C=O) groups is 1. The standard InChI is InChI=1S/C15H13N5O3/c1-10-9-11(18-23-10)17-14(21)13-15(22)20(8-4-6-16)12-5-2-3-7-19(12)13/h2-3,5,7,9H,4,8H2,1H3,(H-,17,18,21,22). The highest BCUT2D eigenvalue weighted by Gasteiger charge is 2.25. The van der Waals surface area contributed by atoms with Crippen LogP contribution in [0.5, 0.6) is 5.88 Å². The zero-order valence-electron chi connectivity index (χ0n) is 12.3. The van der Waals surface area contributed by atoms with Crippen LogP contribution in [0.1, 0.15) is 22.7 Å². The Labute approximate surface area is 131 Å². The van der Waals surface area contributed by atoms with Gasteiger partial charge in [0.25, 0.3) is 11.6 Å².